The van der Waals surface area contributed by atoms with Crippen molar-refractivity contribution >= 4 is 10.8 Å². The van der Waals surface area contributed by atoms with E-state index in [0.29, 0.717) is 6.04 Å². The molecule has 2 aromatic rings. The molecule has 0 saturated carbocycles. The highest BCUT2D eigenvalue weighted by Crippen LogP contribution is 2.26. The van der Waals surface area contributed by atoms with Crippen LogP contribution in [0.15, 0.2) is 42.5 Å². The van der Waals surface area contributed by atoms with Gasteiger partial charge in [0, 0.05) is 12.5 Å². The van der Waals surface area contributed by atoms with Gasteiger partial charge >= 0.3 is 0 Å². The standard InChI is InChI=1S/C17H19N/c1-3-5-13-17(18-4-2)16-12-8-10-14-9-6-7-11-15(14)16/h1,6-12,17-18H,4-5,13H2,2H3. The molecule has 1 unspecified atom stereocenters. The summed E-state index contributed by atoms with van der Waals surface area (Å²) in [5.74, 6) is 2.73. The lowest BCUT2D eigenvalue weighted by Gasteiger charge is -2.19. The molecule has 18 heavy (non-hydrogen) atoms. The summed E-state index contributed by atoms with van der Waals surface area (Å²) in [6.07, 6.45) is 7.18. The molecule has 2 rings (SSSR count). The third-order valence-electron chi connectivity index (χ3n) is 3.23. The van der Waals surface area contributed by atoms with Crippen LogP contribution in [0.2, 0.25) is 0 Å². The molecule has 0 spiro atoms. The van der Waals surface area contributed by atoms with E-state index in [4.69, 9.17) is 6.42 Å². The fourth-order valence-electron chi connectivity index (χ4n) is 2.40. The molecule has 2 aromatic carbocycles. The van der Waals surface area contributed by atoms with Crippen LogP contribution in [-0.2, 0) is 0 Å². The number of rotatable bonds is 5. The van der Waals surface area contributed by atoms with Crippen LogP contribution in [0.1, 0.15) is 31.4 Å². The van der Waals surface area contributed by atoms with Gasteiger partial charge in [0.15, 0.2) is 0 Å². The van der Waals surface area contributed by atoms with Gasteiger partial charge in [0.2, 0.25) is 0 Å². The minimum Gasteiger partial charge on any atom is -0.310 e. The van der Waals surface area contributed by atoms with E-state index < -0.39 is 0 Å². The Morgan fingerprint density at radius 2 is 1.94 bits per heavy atom. The molecule has 0 bridgehead atoms. The quantitative estimate of drug-likeness (QED) is 0.778. The topological polar surface area (TPSA) is 12.0 Å². The van der Waals surface area contributed by atoms with Gasteiger partial charge in [-0.15, -0.1) is 12.3 Å². The summed E-state index contributed by atoms with van der Waals surface area (Å²) in [5.41, 5.74) is 1.35. The summed E-state index contributed by atoms with van der Waals surface area (Å²) in [7, 11) is 0. The Morgan fingerprint density at radius 3 is 2.72 bits per heavy atom. The van der Waals surface area contributed by atoms with E-state index in [-0.39, 0.29) is 0 Å². The molecule has 0 heterocycles. The largest absolute Gasteiger partial charge is 0.310 e. The fourth-order valence-corrected chi connectivity index (χ4v) is 2.40. The molecule has 0 saturated heterocycles. The molecule has 92 valence electrons. The monoisotopic (exact) mass is 237 g/mol. The Kier molecular flexibility index (Phi) is 4.39. The maximum absolute atomic E-state index is 5.39. The van der Waals surface area contributed by atoms with Crippen LogP contribution in [0.5, 0.6) is 0 Å². The Balaban J connectivity index is 2.40. The predicted octanol–water partition coefficient (Wildman–Crippen LogP) is 3.90. The average molecular weight is 237 g/mol. The first kappa shape index (κ1) is 12.7. The minimum absolute atomic E-state index is 0.345. The van der Waals surface area contributed by atoms with Gasteiger partial charge in [0.25, 0.3) is 0 Å². The van der Waals surface area contributed by atoms with Crippen LogP contribution in [0.3, 0.4) is 0 Å². The molecule has 0 radical (unpaired) electrons. The molecule has 0 aliphatic carbocycles. The molecular formula is C17H19N. The molecule has 0 aromatic heterocycles. The van der Waals surface area contributed by atoms with Gasteiger partial charge in [-0.05, 0) is 29.3 Å². The van der Waals surface area contributed by atoms with E-state index >= 15 is 0 Å². The third kappa shape index (κ3) is 2.72. The molecule has 0 aliphatic rings. The third-order valence-corrected chi connectivity index (χ3v) is 3.23. The first-order valence-corrected chi connectivity index (χ1v) is 6.51. The molecule has 0 aliphatic heterocycles. The van der Waals surface area contributed by atoms with Crippen LogP contribution in [-0.4, -0.2) is 6.54 Å². The highest BCUT2D eigenvalue weighted by molar-refractivity contribution is 5.86. The molecule has 1 N–H and O–H groups in total. The predicted molar refractivity (Wildman–Crippen MR) is 78.4 cm³/mol. The van der Waals surface area contributed by atoms with Crippen molar-refractivity contribution in [2.75, 3.05) is 6.54 Å². The summed E-state index contributed by atoms with van der Waals surface area (Å²) in [6, 6.07) is 15.3. The van der Waals surface area contributed by atoms with E-state index in [9.17, 15) is 0 Å². The van der Waals surface area contributed by atoms with Crippen molar-refractivity contribution in [3.05, 3.63) is 48.0 Å². The Morgan fingerprint density at radius 1 is 1.17 bits per heavy atom. The second kappa shape index (κ2) is 6.23. The minimum atomic E-state index is 0.345. The van der Waals surface area contributed by atoms with Gasteiger partial charge in [-0.25, -0.2) is 0 Å². The highest BCUT2D eigenvalue weighted by atomic mass is 14.9. The second-order valence-electron chi connectivity index (χ2n) is 4.42. The summed E-state index contributed by atoms with van der Waals surface area (Å²) in [4.78, 5) is 0. The lowest BCUT2D eigenvalue weighted by molar-refractivity contribution is 0.526. The van der Waals surface area contributed by atoms with Gasteiger partial charge in [0.05, 0.1) is 0 Å². The lowest BCUT2D eigenvalue weighted by Crippen LogP contribution is -2.21. The number of nitrogens with one attached hydrogen (secondary N) is 1. The van der Waals surface area contributed by atoms with Crippen molar-refractivity contribution in [2.24, 2.45) is 0 Å². The highest BCUT2D eigenvalue weighted by Gasteiger charge is 2.12. The van der Waals surface area contributed by atoms with Crippen LogP contribution >= 0.6 is 0 Å². The number of hydrogen-bond acceptors (Lipinski definition) is 1. The average Bonchev–Trinajstić information content (AvgIpc) is 2.43. The van der Waals surface area contributed by atoms with Crippen molar-refractivity contribution in [1.29, 1.82) is 0 Å². The Bertz CT molecular complexity index is 546. The normalized spacial score (nSPS) is 12.2. The molecular weight excluding hydrogens is 218 g/mol. The Labute approximate surface area is 109 Å². The maximum Gasteiger partial charge on any atom is 0.0335 e. The van der Waals surface area contributed by atoms with Gasteiger partial charge in [0.1, 0.15) is 0 Å². The zero-order valence-corrected chi connectivity index (χ0v) is 10.8. The van der Waals surface area contributed by atoms with Crippen molar-refractivity contribution in [2.45, 2.75) is 25.8 Å². The van der Waals surface area contributed by atoms with Gasteiger partial charge in [-0.3, -0.25) is 0 Å². The maximum atomic E-state index is 5.39. The van der Waals surface area contributed by atoms with Crippen molar-refractivity contribution in [3.8, 4) is 12.3 Å². The van der Waals surface area contributed by atoms with E-state index in [1.54, 1.807) is 0 Å². The zero-order valence-electron chi connectivity index (χ0n) is 10.8. The van der Waals surface area contributed by atoms with Gasteiger partial charge < -0.3 is 5.32 Å². The molecule has 0 amide bonds. The molecule has 0 fully saturated rings. The summed E-state index contributed by atoms with van der Waals surface area (Å²) < 4.78 is 0. The second-order valence-corrected chi connectivity index (χ2v) is 4.42. The van der Waals surface area contributed by atoms with Crippen LogP contribution in [0.4, 0.5) is 0 Å². The lowest BCUT2D eigenvalue weighted by atomic mass is 9.96. The first-order chi connectivity index (χ1) is 8.86. The number of fused-ring (bicyclic) bond motifs is 1. The molecule has 1 atom stereocenters. The van der Waals surface area contributed by atoms with Crippen molar-refractivity contribution < 1.29 is 0 Å². The van der Waals surface area contributed by atoms with E-state index in [0.717, 1.165) is 19.4 Å². The van der Waals surface area contributed by atoms with Gasteiger partial charge in [-0.1, -0.05) is 49.4 Å². The van der Waals surface area contributed by atoms with Crippen LogP contribution in [0, 0.1) is 12.3 Å². The van der Waals surface area contributed by atoms with Gasteiger partial charge in [-0.2, -0.15) is 0 Å². The zero-order chi connectivity index (χ0) is 12.8. The van der Waals surface area contributed by atoms with E-state index in [1.807, 2.05) is 0 Å². The van der Waals surface area contributed by atoms with Crippen molar-refractivity contribution in [1.82, 2.24) is 5.32 Å². The smallest absolute Gasteiger partial charge is 0.0335 e. The van der Waals surface area contributed by atoms with E-state index in [1.165, 1.54) is 16.3 Å². The number of hydrogen-bond donors (Lipinski definition) is 1. The number of terminal acetylenes is 1. The summed E-state index contributed by atoms with van der Waals surface area (Å²) in [5, 5.41) is 6.14. The first-order valence-electron chi connectivity index (χ1n) is 6.51. The SMILES string of the molecule is C#CCCC(NCC)c1cccc2ccccc12. The van der Waals surface area contributed by atoms with Crippen LogP contribution < -0.4 is 5.32 Å². The Hall–Kier alpha value is -1.78. The summed E-state index contributed by atoms with van der Waals surface area (Å²) >= 11 is 0. The summed E-state index contributed by atoms with van der Waals surface area (Å²) in [6.45, 7) is 3.09. The molecule has 1 heteroatoms. The fraction of sp³-hybridized carbons (Fsp3) is 0.294. The van der Waals surface area contributed by atoms with Crippen LogP contribution in [0.25, 0.3) is 10.8 Å². The number of benzene rings is 2. The van der Waals surface area contributed by atoms with Crippen molar-refractivity contribution in [3.63, 3.8) is 0 Å². The molecule has 1 nitrogen and oxygen atoms in total. The van der Waals surface area contributed by atoms with E-state index in [2.05, 4.69) is 60.6 Å².